The van der Waals surface area contributed by atoms with Gasteiger partial charge in [0.1, 0.15) is 5.82 Å². The highest BCUT2D eigenvalue weighted by Gasteiger charge is 2.35. The van der Waals surface area contributed by atoms with Gasteiger partial charge in [0.2, 0.25) is 0 Å². The molecule has 0 saturated carbocycles. The molecule has 1 heterocycles. The van der Waals surface area contributed by atoms with Crippen LogP contribution in [0.1, 0.15) is 21.5 Å². The predicted molar refractivity (Wildman–Crippen MR) is 70.4 cm³/mol. The van der Waals surface area contributed by atoms with Crippen molar-refractivity contribution in [1.29, 1.82) is 0 Å². The zero-order valence-corrected chi connectivity index (χ0v) is 12.1. The molecule has 0 aliphatic rings. The van der Waals surface area contributed by atoms with E-state index in [1.807, 2.05) is 0 Å². The molecule has 2 aromatic rings. The van der Waals surface area contributed by atoms with Gasteiger partial charge in [-0.3, -0.25) is 5.84 Å². The molecule has 0 spiro atoms. The molecule has 9 heteroatoms. The van der Waals surface area contributed by atoms with Crippen molar-refractivity contribution in [2.45, 2.75) is 12.2 Å². The van der Waals surface area contributed by atoms with Gasteiger partial charge in [-0.15, -0.1) is 11.3 Å². The number of rotatable bonds is 3. The number of benzene rings is 1. The number of halogens is 5. The van der Waals surface area contributed by atoms with Gasteiger partial charge in [-0.1, -0.05) is 15.9 Å². The van der Waals surface area contributed by atoms with Crippen molar-refractivity contribution in [2.75, 3.05) is 0 Å². The van der Waals surface area contributed by atoms with Crippen LogP contribution < -0.4 is 11.3 Å². The molecule has 0 bridgehead atoms. The second-order valence-corrected chi connectivity index (χ2v) is 5.75. The maximum atomic E-state index is 13.3. The Labute approximate surface area is 123 Å². The van der Waals surface area contributed by atoms with Gasteiger partial charge in [0.25, 0.3) is 0 Å². The average molecular weight is 370 g/mol. The summed E-state index contributed by atoms with van der Waals surface area (Å²) in [7, 11) is 0. The van der Waals surface area contributed by atoms with Gasteiger partial charge in [0.05, 0.1) is 6.04 Å². The Hall–Kier alpha value is -1.03. The van der Waals surface area contributed by atoms with Crippen LogP contribution in [-0.2, 0) is 6.18 Å². The number of aromatic nitrogens is 1. The van der Waals surface area contributed by atoms with Crippen molar-refractivity contribution in [3.63, 3.8) is 0 Å². The van der Waals surface area contributed by atoms with Gasteiger partial charge < -0.3 is 0 Å². The summed E-state index contributed by atoms with van der Waals surface area (Å²) in [4.78, 5) is 3.56. The molecule has 3 nitrogen and oxygen atoms in total. The van der Waals surface area contributed by atoms with Gasteiger partial charge in [-0.2, -0.15) is 13.2 Å². The number of nitrogens with two attached hydrogens (primary N) is 1. The first-order valence-corrected chi connectivity index (χ1v) is 6.88. The predicted octanol–water partition coefficient (Wildman–Crippen LogP) is 3.62. The molecular formula is C11H8BrF4N3S. The molecule has 1 aromatic carbocycles. The van der Waals surface area contributed by atoms with Crippen LogP contribution in [0, 0.1) is 5.82 Å². The van der Waals surface area contributed by atoms with E-state index < -0.39 is 23.0 Å². The monoisotopic (exact) mass is 369 g/mol. The third-order valence-corrected chi connectivity index (χ3v) is 4.32. The van der Waals surface area contributed by atoms with Crippen LogP contribution in [0.4, 0.5) is 17.6 Å². The quantitative estimate of drug-likeness (QED) is 0.493. The zero-order chi connectivity index (χ0) is 14.9. The Morgan fingerprint density at radius 2 is 2.05 bits per heavy atom. The smallest absolute Gasteiger partial charge is 0.271 e. The summed E-state index contributed by atoms with van der Waals surface area (Å²) in [5.41, 5.74) is 2.77. The molecule has 0 aliphatic carbocycles. The number of nitrogens with zero attached hydrogens (tertiary/aromatic N) is 1. The molecule has 0 radical (unpaired) electrons. The lowest BCUT2D eigenvalue weighted by Crippen LogP contribution is -2.28. The van der Waals surface area contributed by atoms with Crippen LogP contribution in [-0.4, -0.2) is 4.98 Å². The SMILES string of the molecule is NNC(c1cnc(C(F)(F)F)s1)c1cc(F)ccc1Br. The third kappa shape index (κ3) is 3.17. The zero-order valence-electron chi connectivity index (χ0n) is 9.71. The number of hydrogen-bond donors (Lipinski definition) is 2. The average Bonchev–Trinajstić information content (AvgIpc) is 2.84. The molecule has 108 valence electrons. The number of alkyl halides is 3. The van der Waals surface area contributed by atoms with Crippen LogP contribution in [0.5, 0.6) is 0 Å². The van der Waals surface area contributed by atoms with E-state index in [9.17, 15) is 17.6 Å². The molecule has 20 heavy (non-hydrogen) atoms. The van der Waals surface area contributed by atoms with Crippen LogP contribution in [0.15, 0.2) is 28.9 Å². The van der Waals surface area contributed by atoms with E-state index in [0.29, 0.717) is 21.4 Å². The molecule has 0 fully saturated rings. The second-order valence-electron chi connectivity index (χ2n) is 3.83. The molecule has 3 N–H and O–H groups in total. The van der Waals surface area contributed by atoms with Crippen molar-refractivity contribution in [1.82, 2.24) is 10.4 Å². The summed E-state index contributed by atoms with van der Waals surface area (Å²) in [6, 6.07) is 3.10. The summed E-state index contributed by atoms with van der Waals surface area (Å²) in [6.07, 6.45) is -3.43. The summed E-state index contributed by atoms with van der Waals surface area (Å²) in [5, 5.41) is -0.972. The highest BCUT2D eigenvalue weighted by atomic mass is 79.9. The Kier molecular flexibility index (Phi) is 4.43. The molecule has 0 amide bonds. The van der Waals surface area contributed by atoms with E-state index in [2.05, 4.69) is 26.3 Å². The van der Waals surface area contributed by atoms with Crippen molar-refractivity contribution < 1.29 is 17.6 Å². The Bertz CT molecular complexity index is 614. The summed E-state index contributed by atoms with van der Waals surface area (Å²) in [5.74, 6) is 4.87. The first-order valence-electron chi connectivity index (χ1n) is 5.27. The van der Waals surface area contributed by atoms with Crippen LogP contribution in [0.2, 0.25) is 0 Å². The minimum atomic E-state index is -4.51. The molecule has 1 atom stereocenters. The maximum Gasteiger partial charge on any atom is 0.443 e. The molecule has 2 rings (SSSR count). The topological polar surface area (TPSA) is 50.9 Å². The minimum absolute atomic E-state index is 0.242. The van der Waals surface area contributed by atoms with E-state index in [4.69, 9.17) is 5.84 Å². The van der Waals surface area contributed by atoms with Crippen LogP contribution in [0.3, 0.4) is 0 Å². The van der Waals surface area contributed by atoms with Crippen molar-refractivity contribution in [3.8, 4) is 0 Å². The highest BCUT2D eigenvalue weighted by molar-refractivity contribution is 9.10. The van der Waals surface area contributed by atoms with E-state index in [0.717, 1.165) is 6.20 Å². The fourth-order valence-corrected chi connectivity index (χ4v) is 2.95. The molecule has 1 aromatic heterocycles. The van der Waals surface area contributed by atoms with E-state index >= 15 is 0 Å². The molecule has 1 unspecified atom stereocenters. The number of nitrogens with one attached hydrogen (secondary N) is 1. The second kappa shape index (κ2) is 5.76. The van der Waals surface area contributed by atoms with Crippen molar-refractivity contribution >= 4 is 27.3 Å². The van der Waals surface area contributed by atoms with E-state index in [1.54, 1.807) is 0 Å². The fraction of sp³-hybridized carbons (Fsp3) is 0.182. The van der Waals surface area contributed by atoms with Crippen LogP contribution in [0.25, 0.3) is 0 Å². The van der Waals surface area contributed by atoms with E-state index in [-0.39, 0.29) is 4.88 Å². The summed E-state index contributed by atoms with van der Waals surface area (Å²) < 4.78 is 51.4. The summed E-state index contributed by atoms with van der Waals surface area (Å²) >= 11 is 3.68. The molecule has 0 aliphatic heterocycles. The largest absolute Gasteiger partial charge is 0.443 e. The Balaban J connectivity index is 2.42. The van der Waals surface area contributed by atoms with Gasteiger partial charge in [-0.05, 0) is 23.8 Å². The summed E-state index contributed by atoms with van der Waals surface area (Å²) in [6.45, 7) is 0. The lowest BCUT2D eigenvalue weighted by atomic mass is 10.1. The lowest BCUT2D eigenvalue weighted by molar-refractivity contribution is -0.137. The number of hydrazine groups is 1. The third-order valence-electron chi connectivity index (χ3n) is 2.49. The standard InChI is InChI=1S/C11H8BrF4N3S/c12-7-2-1-5(13)3-6(7)9(19-17)8-4-18-10(20-8)11(14,15)16/h1-4,9,19H,17H2. The normalized spacial score (nSPS) is 13.5. The lowest BCUT2D eigenvalue weighted by Gasteiger charge is -2.16. The maximum absolute atomic E-state index is 13.3. The minimum Gasteiger partial charge on any atom is -0.271 e. The van der Waals surface area contributed by atoms with Crippen molar-refractivity contribution in [3.05, 3.63) is 50.1 Å². The Morgan fingerprint density at radius 1 is 1.35 bits per heavy atom. The van der Waals surface area contributed by atoms with Gasteiger partial charge in [0.15, 0.2) is 5.01 Å². The van der Waals surface area contributed by atoms with Gasteiger partial charge in [0, 0.05) is 15.5 Å². The van der Waals surface area contributed by atoms with Gasteiger partial charge in [-0.25, -0.2) is 14.8 Å². The number of hydrogen-bond acceptors (Lipinski definition) is 4. The first kappa shape index (κ1) is 15.4. The van der Waals surface area contributed by atoms with Crippen LogP contribution >= 0.6 is 27.3 Å². The van der Waals surface area contributed by atoms with E-state index in [1.165, 1.54) is 18.2 Å². The Morgan fingerprint density at radius 3 is 2.60 bits per heavy atom. The highest BCUT2D eigenvalue weighted by Crippen LogP contribution is 2.37. The fourth-order valence-electron chi connectivity index (χ4n) is 1.61. The van der Waals surface area contributed by atoms with Crippen molar-refractivity contribution in [2.24, 2.45) is 5.84 Å². The first-order chi connectivity index (χ1) is 9.32. The van der Waals surface area contributed by atoms with Gasteiger partial charge >= 0.3 is 6.18 Å². The molecular weight excluding hydrogens is 362 g/mol. The number of thiazole rings is 1. The molecule has 0 saturated heterocycles.